The molecule has 0 bridgehead atoms. The van der Waals surface area contributed by atoms with Crippen molar-refractivity contribution >= 4 is 5.91 Å². The van der Waals surface area contributed by atoms with E-state index in [4.69, 9.17) is 0 Å². The number of carbonyl (C=O) groups excluding carboxylic acids is 1. The molecule has 1 amide bonds. The molecule has 0 fully saturated rings. The van der Waals surface area contributed by atoms with Gasteiger partial charge in [-0.25, -0.2) is 0 Å². The van der Waals surface area contributed by atoms with Crippen LogP contribution in [0.4, 0.5) is 0 Å². The quantitative estimate of drug-likeness (QED) is 0.590. The summed E-state index contributed by atoms with van der Waals surface area (Å²) >= 11 is 0. The van der Waals surface area contributed by atoms with E-state index in [-0.39, 0.29) is 5.91 Å². The highest BCUT2D eigenvalue weighted by atomic mass is 16.2. The lowest BCUT2D eigenvalue weighted by molar-refractivity contribution is -0.129. The zero-order chi connectivity index (χ0) is 9.26. The zero-order valence-electron chi connectivity index (χ0n) is 7.66. The third kappa shape index (κ3) is 1.54. The third-order valence-electron chi connectivity index (χ3n) is 2.46. The largest absolute Gasteiger partial charge is 0.338 e. The lowest BCUT2D eigenvalue weighted by Gasteiger charge is -2.27. The Morgan fingerprint density at radius 2 is 2.38 bits per heavy atom. The number of rotatable bonds is 0. The van der Waals surface area contributed by atoms with E-state index in [0.717, 1.165) is 19.5 Å². The molecule has 1 aliphatic rings. The first-order valence-electron chi connectivity index (χ1n) is 4.44. The van der Waals surface area contributed by atoms with Crippen molar-refractivity contribution in [3.63, 3.8) is 0 Å². The van der Waals surface area contributed by atoms with Gasteiger partial charge in [0.1, 0.15) is 0 Å². The minimum atomic E-state index is 0.155. The molecular formula is C10H12N2O. The van der Waals surface area contributed by atoms with Crippen LogP contribution in [-0.4, -0.2) is 22.3 Å². The summed E-state index contributed by atoms with van der Waals surface area (Å²) in [5.41, 5.74) is 2.51. The van der Waals surface area contributed by atoms with Gasteiger partial charge < -0.3 is 4.90 Å². The lowest BCUT2D eigenvalue weighted by Crippen LogP contribution is -2.34. The standard InChI is InChI=1S/C10H12N2O/c1-8(13)12-5-3-9-6-11-4-2-10(9)7-12/h2,4,6H,3,5,7H2,1H3. The van der Waals surface area contributed by atoms with E-state index in [1.807, 2.05) is 17.2 Å². The van der Waals surface area contributed by atoms with Gasteiger partial charge in [-0.15, -0.1) is 0 Å². The molecule has 2 rings (SSSR count). The molecule has 2 heterocycles. The van der Waals surface area contributed by atoms with Crippen molar-refractivity contribution in [2.45, 2.75) is 19.9 Å². The van der Waals surface area contributed by atoms with Crippen LogP contribution in [0.25, 0.3) is 0 Å². The van der Waals surface area contributed by atoms with Crippen molar-refractivity contribution in [2.75, 3.05) is 6.54 Å². The van der Waals surface area contributed by atoms with Crippen LogP contribution in [0.5, 0.6) is 0 Å². The molecular weight excluding hydrogens is 164 g/mol. The first-order valence-corrected chi connectivity index (χ1v) is 4.44. The molecule has 68 valence electrons. The Balaban J connectivity index is 2.24. The van der Waals surface area contributed by atoms with E-state index in [1.165, 1.54) is 11.1 Å². The molecule has 1 aromatic heterocycles. The Kier molecular flexibility index (Phi) is 2.00. The molecule has 3 nitrogen and oxygen atoms in total. The van der Waals surface area contributed by atoms with Crippen molar-refractivity contribution in [2.24, 2.45) is 0 Å². The Hall–Kier alpha value is -1.38. The van der Waals surface area contributed by atoms with E-state index in [9.17, 15) is 4.79 Å². The van der Waals surface area contributed by atoms with Gasteiger partial charge in [-0.2, -0.15) is 0 Å². The van der Waals surface area contributed by atoms with Gasteiger partial charge in [0, 0.05) is 32.4 Å². The fourth-order valence-corrected chi connectivity index (χ4v) is 1.64. The fraction of sp³-hybridized carbons (Fsp3) is 0.400. The van der Waals surface area contributed by atoms with Crippen molar-refractivity contribution in [3.05, 3.63) is 29.6 Å². The second-order valence-corrected chi connectivity index (χ2v) is 3.33. The molecule has 0 spiro atoms. The molecule has 0 aliphatic carbocycles. The van der Waals surface area contributed by atoms with Crippen LogP contribution in [0.2, 0.25) is 0 Å². The van der Waals surface area contributed by atoms with E-state index < -0.39 is 0 Å². The molecule has 13 heavy (non-hydrogen) atoms. The maximum absolute atomic E-state index is 11.1. The van der Waals surface area contributed by atoms with Crippen molar-refractivity contribution in [1.82, 2.24) is 9.88 Å². The molecule has 0 N–H and O–H groups in total. The van der Waals surface area contributed by atoms with Gasteiger partial charge in [0.15, 0.2) is 0 Å². The van der Waals surface area contributed by atoms with Crippen LogP contribution in [0.15, 0.2) is 18.5 Å². The summed E-state index contributed by atoms with van der Waals surface area (Å²) in [4.78, 5) is 17.0. The second kappa shape index (κ2) is 3.17. The summed E-state index contributed by atoms with van der Waals surface area (Å²) in [6.07, 6.45) is 4.61. The fourth-order valence-electron chi connectivity index (χ4n) is 1.64. The normalized spacial score (nSPS) is 15.3. The van der Waals surface area contributed by atoms with Crippen LogP contribution in [-0.2, 0) is 17.8 Å². The van der Waals surface area contributed by atoms with Gasteiger partial charge >= 0.3 is 0 Å². The Labute approximate surface area is 77.4 Å². The second-order valence-electron chi connectivity index (χ2n) is 3.33. The average Bonchev–Trinajstić information content (AvgIpc) is 2.17. The molecule has 0 aromatic carbocycles. The van der Waals surface area contributed by atoms with Crippen LogP contribution in [0.3, 0.4) is 0 Å². The Bertz CT molecular complexity index is 335. The van der Waals surface area contributed by atoms with Crippen LogP contribution in [0.1, 0.15) is 18.1 Å². The number of amides is 1. The summed E-state index contributed by atoms with van der Waals surface area (Å²) < 4.78 is 0. The topological polar surface area (TPSA) is 33.2 Å². The van der Waals surface area contributed by atoms with E-state index in [1.54, 1.807) is 13.1 Å². The van der Waals surface area contributed by atoms with Gasteiger partial charge in [0.2, 0.25) is 5.91 Å². The summed E-state index contributed by atoms with van der Waals surface area (Å²) in [5, 5.41) is 0. The number of hydrogen-bond acceptors (Lipinski definition) is 2. The van der Waals surface area contributed by atoms with E-state index in [0.29, 0.717) is 0 Å². The smallest absolute Gasteiger partial charge is 0.219 e. The Morgan fingerprint density at radius 1 is 1.54 bits per heavy atom. The number of pyridine rings is 1. The highest BCUT2D eigenvalue weighted by molar-refractivity contribution is 5.73. The van der Waals surface area contributed by atoms with Gasteiger partial charge in [-0.05, 0) is 23.6 Å². The summed E-state index contributed by atoms with van der Waals surface area (Å²) in [5.74, 6) is 0.155. The van der Waals surface area contributed by atoms with Crippen LogP contribution in [0, 0.1) is 0 Å². The molecule has 1 aromatic rings. The predicted octanol–water partition coefficient (Wildman–Crippen LogP) is 0.986. The van der Waals surface area contributed by atoms with Crippen LogP contribution < -0.4 is 0 Å². The number of hydrogen-bond donors (Lipinski definition) is 0. The average molecular weight is 176 g/mol. The number of aromatic nitrogens is 1. The first kappa shape index (κ1) is 8.23. The van der Waals surface area contributed by atoms with E-state index >= 15 is 0 Å². The van der Waals surface area contributed by atoms with Gasteiger partial charge in [-0.1, -0.05) is 0 Å². The molecule has 0 unspecified atom stereocenters. The SMILES string of the molecule is CC(=O)N1CCc2cnccc2C1. The summed E-state index contributed by atoms with van der Waals surface area (Å²) in [6.45, 7) is 3.19. The molecule has 0 saturated heterocycles. The number of carbonyl (C=O) groups is 1. The van der Waals surface area contributed by atoms with Crippen molar-refractivity contribution in [3.8, 4) is 0 Å². The van der Waals surface area contributed by atoms with Crippen molar-refractivity contribution in [1.29, 1.82) is 0 Å². The maximum atomic E-state index is 11.1. The first-order chi connectivity index (χ1) is 6.27. The highest BCUT2D eigenvalue weighted by Crippen LogP contribution is 2.16. The lowest BCUT2D eigenvalue weighted by atomic mass is 10.0. The summed E-state index contributed by atoms with van der Waals surface area (Å²) in [6, 6.07) is 1.99. The maximum Gasteiger partial charge on any atom is 0.219 e. The zero-order valence-corrected chi connectivity index (χ0v) is 7.66. The van der Waals surface area contributed by atoms with E-state index in [2.05, 4.69) is 4.98 Å². The van der Waals surface area contributed by atoms with Gasteiger partial charge in [0.25, 0.3) is 0 Å². The monoisotopic (exact) mass is 176 g/mol. The van der Waals surface area contributed by atoms with Gasteiger partial charge in [0.05, 0.1) is 0 Å². The third-order valence-corrected chi connectivity index (χ3v) is 2.46. The molecule has 3 heteroatoms. The number of fused-ring (bicyclic) bond motifs is 1. The molecule has 0 radical (unpaired) electrons. The minimum Gasteiger partial charge on any atom is -0.338 e. The summed E-state index contributed by atoms with van der Waals surface area (Å²) in [7, 11) is 0. The highest BCUT2D eigenvalue weighted by Gasteiger charge is 2.17. The van der Waals surface area contributed by atoms with Crippen LogP contribution >= 0.6 is 0 Å². The predicted molar refractivity (Wildman–Crippen MR) is 49.0 cm³/mol. The minimum absolute atomic E-state index is 0.155. The number of nitrogens with zero attached hydrogens (tertiary/aromatic N) is 2. The van der Waals surface area contributed by atoms with Gasteiger partial charge in [-0.3, -0.25) is 9.78 Å². The molecule has 1 aliphatic heterocycles. The molecule has 0 atom stereocenters. The molecule has 0 saturated carbocycles. The Morgan fingerprint density at radius 3 is 3.15 bits per heavy atom. The van der Waals surface area contributed by atoms with Crippen molar-refractivity contribution < 1.29 is 4.79 Å².